The van der Waals surface area contributed by atoms with Crippen LogP contribution in [0.4, 0.5) is 0 Å². The van der Waals surface area contributed by atoms with Crippen LogP contribution in [0, 0.1) is 4.37 Å². The molecule has 1 fully saturated rings. The Morgan fingerprint density at radius 3 is 1.63 bits per heavy atom. The molecule has 0 radical (unpaired) electrons. The summed E-state index contributed by atoms with van der Waals surface area (Å²) in [6.07, 6.45) is 13.5. The molecule has 0 amide bonds. The van der Waals surface area contributed by atoms with Crippen LogP contribution in [0.25, 0.3) is 23.3 Å². The molecule has 0 bridgehead atoms. The van der Waals surface area contributed by atoms with Gasteiger partial charge in [0.05, 0.1) is 0 Å². The van der Waals surface area contributed by atoms with E-state index in [2.05, 4.69) is 196 Å². The molecular formula is C48H43OOsP+. The second kappa shape index (κ2) is 15.1. The third-order valence-corrected chi connectivity index (χ3v) is 15.7. The zero-order valence-electron chi connectivity index (χ0n) is 29.7. The van der Waals surface area contributed by atoms with Crippen molar-refractivity contribution in [2.24, 2.45) is 0 Å². The van der Waals surface area contributed by atoms with Gasteiger partial charge in [0.1, 0.15) is 0 Å². The fourth-order valence-electron chi connectivity index (χ4n) is 7.69. The molecule has 1 aliphatic carbocycles. The molecule has 3 heteroatoms. The van der Waals surface area contributed by atoms with E-state index in [4.69, 9.17) is 4.74 Å². The van der Waals surface area contributed by atoms with Crippen molar-refractivity contribution >= 4 is 35.3 Å². The Balaban J connectivity index is 1.46. The Bertz CT molecular complexity index is 2170. The molecule has 1 heterocycles. The SMILES string of the molecule is CC=C1COCC1=CC(/C=C/c1ccc2c(c1)C(C)(C)c1cc(/C=C/C)ccc1-2)=C([C]#[Os])[P+](c1ccccc1)(c1ccccc1)c1ccccc1. The summed E-state index contributed by atoms with van der Waals surface area (Å²) in [5, 5.41) is 5.15. The predicted octanol–water partition coefficient (Wildman–Crippen LogP) is 10.7. The molecule has 0 N–H and O–H groups in total. The van der Waals surface area contributed by atoms with Crippen LogP contribution in [0.5, 0.6) is 0 Å². The molecule has 1 aliphatic heterocycles. The number of allylic oxidation sites excluding steroid dienone is 6. The molecule has 253 valence electrons. The van der Waals surface area contributed by atoms with E-state index in [0.29, 0.717) is 13.2 Å². The number of hydrogen-bond donors (Lipinski definition) is 0. The van der Waals surface area contributed by atoms with Gasteiger partial charge in [0.2, 0.25) is 0 Å². The maximum atomic E-state index is 6.01. The van der Waals surface area contributed by atoms with Crippen molar-refractivity contribution < 1.29 is 22.7 Å². The molecule has 0 atom stereocenters. The van der Waals surface area contributed by atoms with E-state index in [1.165, 1.54) is 65.8 Å². The van der Waals surface area contributed by atoms with Crippen molar-refractivity contribution in [3.63, 3.8) is 0 Å². The molecule has 5 aromatic rings. The molecule has 0 aromatic heterocycles. The van der Waals surface area contributed by atoms with Gasteiger partial charge in [-0.2, -0.15) is 0 Å². The molecule has 7 rings (SSSR count). The summed E-state index contributed by atoms with van der Waals surface area (Å²) < 4.78 is 9.87. The average Bonchev–Trinajstić information content (AvgIpc) is 3.72. The zero-order valence-corrected chi connectivity index (χ0v) is 33.1. The second-order valence-corrected chi connectivity index (χ2v) is 17.6. The Hall–Kier alpha value is -4.39. The van der Waals surface area contributed by atoms with Gasteiger partial charge in [0.25, 0.3) is 0 Å². The first-order valence-electron chi connectivity index (χ1n) is 17.6. The van der Waals surface area contributed by atoms with E-state index in [1.54, 1.807) is 0 Å². The van der Waals surface area contributed by atoms with Crippen molar-refractivity contribution in [1.82, 2.24) is 0 Å². The van der Waals surface area contributed by atoms with Gasteiger partial charge in [0, 0.05) is 0 Å². The van der Waals surface area contributed by atoms with Crippen LogP contribution in [0.15, 0.2) is 174 Å². The van der Waals surface area contributed by atoms with Gasteiger partial charge in [0.15, 0.2) is 0 Å². The van der Waals surface area contributed by atoms with Crippen LogP contribution in [-0.2, 0) is 28.1 Å². The normalized spacial score (nSPS) is 17.2. The number of ether oxygens (including phenoxy) is 1. The van der Waals surface area contributed by atoms with Crippen LogP contribution >= 0.6 is 7.26 Å². The average molecular weight is 857 g/mol. The summed E-state index contributed by atoms with van der Waals surface area (Å²) >= 11 is 1.83. The third kappa shape index (κ3) is 6.49. The maximum absolute atomic E-state index is 6.01. The van der Waals surface area contributed by atoms with Crippen LogP contribution in [0.2, 0.25) is 0 Å². The van der Waals surface area contributed by atoms with Gasteiger partial charge in [-0.3, -0.25) is 0 Å². The molecule has 1 saturated heterocycles. The van der Waals surface area contributed by atoms with Gasteiger partial charge >= 0.3 is 297 Å². The van der Waals surface area contributed by atoms with E-state index in [-0.39, 0.29) is 5.41 Å². The minimum absolute atomic E-state index is 0.0966. The second-order valence-electron chi connectivity index (χ2n) is 13.6. The standard InChI is InChI=1S/C48H43OP.Os/c1-6-17-36-25-28-44-45-29-26-37(31-47(45)48(4,5)46(44)30-36)24-27-39(32-40-34-49-33-38(40)7-2)35(3)50(41-18-11-8-12-19-41,42-20-13-9-14-21-42)43-22-15-10-16-23-43;/h6-32H,33-34H2,1-2,4-5H3;/q+1;/b17-6+,27-24+,38-7?,39-35?,40-32?;. The molecule has 0 saturated carbocycles. The molecular weight excluding hydrogens is 814 g/mol. The fraction of sp³-hybridized carbons (Fsp3) is 0.146. The van der Waals surface area contributed by atoms with Crippen LogP contribution < -0.4 is 15.9 Å². The summed E-state index contributed by atoms with van der Waals surface area (Å²) in [6.45, 7) is 10.1. The van der Waals surface area contributed by atoms with Gasteiger partial charge < -0.3 is 0 Å². The minimum atomic E-state index is -2.40. The van der Waals surface area contributed by atoms with Crippen molar-refractivity contribution in [2.45, 2.75) is 33.1 Å². The Kier molecular flexibility index (Phi) is 10.3. The zero-order chi connectivity index (χ0) is 35.4. The van der Waals surface area contributed by atoms with Gasteiger partial charge in [-0.25, -0.2) is 0 Å². The topological polar surface area (TPSA) is 9.23 Å². The Morgan fingerprint density at radius 2 is 1.16 bits per heavy atom. The number of fused-ring (bicyclic) bond motifs is 3. The molecule has 51 heavy (non-hydrogen) atoms. The summed E-state index contributed by atoms with van der Waals surface area (Å²) in [5.74, 6) is 0. The van der Waals surface area contributed by atoms with Gasteiger partial charge in [-0.15, -0.1) is 0 Å². The summed E-state index contributed by atoms with van der Waals surface area (Å²) in [7, 11) is -2.40. The number of hydrogen-bond acceptors (Lipinski definition) is 1. The van der Waals surface area contributed by atoms with E-state index in [9.17, 15) is 0 Å². The van der Waals surface area contributed by atoms with Crippen LogP contribution in [-0.4, -0.2) is 13.2 Å². The quantitative estimate of drug-likeness (QED) is 0.112. The van der Waals surface area contributed by atoms with Crippen molar-refractivity contribution in [3.8, 4) is 15.5 Å². The summed E-state index contributed by atoms with van der Waals surface area (Å²) in [6, 6.07) is 47.1. The fourth-order valence-corrected chi connectivity index (χ4v) is 13.5. The van der Waals surface area contributed by atoms with Gasteiger partial charge in [-0.05, 0) is 6.92 Å². The number of rotatable bonds is 8. The van der Waals surface area contributed by atoms with E-state index < -0.39 is 7.26 Å². The molecule has 0 spiro atoms. The molecule has 2 aliphatic rings. The van der Waals surface area contributed by atoms with E-state index >= 15 is 0 Å². The van der Waals surface area contributed by atoms with E-state index in [1.807, 2.05) is 17.9 Å². The Labute approximate surface area is 314 Å². The van der Waals surface area contributed by atoms with E-state index in [0.717, 1.165) is 5.57 Å². The predicted molar refractivity (Wildman–Crippen MR) is 216 cm³/mol. The number of benzene rings is 5. The van der Waals surface area contributed by atoms with Gasteiger partial charge in [-0.1, -0.05) is 12.2 Å². The molecule has 1 nitrogen and oxygen atoms in total. The molecule has 0 unspecified atom stereocenters. The van der Waals surface area contributed by atoms with Crippen LogP contribution in [0.3, 0.4) is 0 Å². The third-order valence-electron chi connectivity index (χ3n) is 10.3. The van der Waals surface area contributed by atoms with Crippen molar-refractivity contribution in [1.29, 1.82) is 0 Å². The first kappa shape index (κ1) is 35.0. The van der Waals surface area contributed by atoms with Crippen LogP contribution in [0.1, 0.15) is 49.9 Å². The van der Waals surface area contributed by atoms with Crippen molar-refractivity contribution in [3.05, 3.63) is 196 Å². The molecule has 5 aromatic carbocycles. The first-order valence-corrected chi connectivity index (χ1v) is 20.7. The summed E-state index contributed by atoms with van der Waals surface area (Å²) in [4.78, 5) is 0. The van der Waals surface area contributed by atoms with Crippen molar-refractivity contribution in [2.75, 3.05) is 13.2 Å². The first-order chi connectivity index (χ1) is 24.9. The Morgan fingerprint density at radius 1 is 0.667 bits per heavy atom. The monoisotopic (exact) mass is 858 g/mol. The summed E-state index contributed by atoms with van der Waals surface area (Å²) in [5.41, 5.74) is 11.4.